The normalized spacial score (nSPS) is 17.1. The summed E-state index contributed by atoms with van der Waals surface area (Å²) < 4.78 is 11.3. The number of carboxylic acids is 1. The van der Waals surface area contributed by atoms with Crippen LogP contribution >= 0.6 is 0 Å². The molecule has 0 saturated carbocycles. The van der Waals surface area contributed by atoms with Crippen LogP contribution < -0.4 is 0 Å². The van der Waals surface area contributed by atoms with Crippen LogP contribution in [0.2, 0.25) is 0 Å². The Kier molecular flexibility index (Phi) is 8.69. The van der Waals surface area contributed by atoms with Crippen molar-refractivity contribution in [2.45, 2.75) is 32.3 Å². The van der Waals surface area contributed by atoms with Gasteiger partial charge >= 0.3 is 18.0 Å². The topological polar surface area (TPSA) is 99.6 Å². The zero-order valence-corrected chi connectivity index (χ0v) is 22.4. The maximum Gasteiger partial charge on any atom is 0.409 e. The lowest BCUT2D eigenvalue weighted by Crippen LogP contribution is -2.42. The quantitative estimate of drug-likeness (QED) is 0.576. The van der Waals surface area contributed by atoms with Crippen LogP contribution in [0.15, 0.2) is 48.5 Å². The number of esters is 1. The third kappa shape index (κ3) is 7.11. The minimum absolute atomic E-state index is 0.0453. The molecule has 0 bridgehead atoms. The Morgan fingerprint density at radius 3 is 1.84 bits per heavy atom. The molecule has 9 nitrogen and oxygen atoms in total. The monoisotopic (exact) mass is 523 g/mol. The molecule has 0 unspecified atom stereocenters. The van der Waals surface area contributed by atoms with E-state index in [1.807, 2.05) is 49.9 Å². The summed E-state index contributed by atoms with van der Waals surface area (Å²) in [7, 11) is 0. The number of carbonyl (C=O) groups excluding carboxylic acids is 2. The van der Waals surface area contributed by atoms with Gasteiger partial charge in [0.25, 0.3) is 0 Å². The van der Waals surface area contributed by atoms with Crippen LogP contribution in [-0.2, 0) is 19.1 Å². The molecule has 1 aliphatic carbocycles. The average molecular weight is 524 g/mol. The van der Waals surface area contributed by atoms with Crippen LogP contribution in [0.3, 0.4) is 0 Å². The van der Waals surface area contributed by atoms with E-state index >= 15 is 0 Å². The molecule has 0 radical (unpaired) electrons. The minimum atomic E-state index is -0.935. The van der Waals surface area contributed by atoms with Crippen molar-refractivity contribution in [1.29, 1.82) is 0 Å². The third-order valence-corrected chi connectivity index (χ3v) is 6.83. The highest BCUT2D eigenvalue weighted by atomic mass is 16.6. The maximum atomic E-state index is 13.3. The number of rotatable bonds is 6. The molecule has 204 valence electrons. The smallest absolute Gasteiger partial charge is 0.409 e. The number of hydrogen-bond donors (Lipinski definition) is 1. The minimum Gasteiger partial charge on any atom is -0.480 e. The number of fused-ring (bicyclic) bond motifs is 3. The fourth-order valence-electron chi connectivity index (χ4n) is 5.07. The number of nitrogens with zero attached hydrogens (tertiary/aromatic N) is 3. The second-order valence-corrected chi connectivity index (χ2v) is 10.8. The predicted octanol–water partition coefficient (Wildman–Crippen LogP) is 3.28. The Morgan fingerprint density at radius 1 is 0.816 bits per heavy atom. The van der Waals surface area contributed by atoms with Gasteiger partial charge in [-0.2, -0.15) is 0 Å². The lowest BCUT2D eigenvalue weighted by atomic mass is 9.98. The second kappa shape index (κ2) is 12.0. The highest BCUT2D eigenvalue weighted by molar-refractivity contribution is 5.79. The summed E-state index contributed by atoms with van der Waals surface area (Å²) in [5.41, 5.74) is 4.01. The molecule has 38 heavy (non-hydrogen) atoms. The number of carbonyl (C=O) groups is 3. The van der Waals surface area contributed by atoms with E-state index in [4.69, 9.17) is 9.47 Å². The number of ether oxygens (including phenoxy) is 2. The van der Waals surface area contributed by atoms with Crippen LogP contribution in [0.25, 0.3) is 11.1 Å². The molecule has 0 spiro atoms. The molecule has 1 amide bonds. The number of amides is 1. The van der Waals surface area contributed by atoms with Crippen LogP contribution in [0.1, 0.15) is 37.8 Å². The Morgan fingerprint density at radius 2 is 1.32 bits per heavy atom. The van der Waals surface area contributed by atoms with Crippen molar-refractivity contribution in [3.8, 4) is 11.1 Å². The fourth-order valence-corrected chi connectivity index (χ4v) is 5.07. The summed E-state index contributed by atoms with van der Waals surface area (Å²) in [6, 6.07) is 16.4. The molecule has 0 atom stereocenters. The van der Waals surface area contributed by atoms with Crippen molar-refractivity contribution in [2.75, 3.05) is 59.0 Å². The maximum absolute atomic E-state index is 13.3. The highest BCUT2D eigenvalue weighted by Gasteiger charge is 2.30. The highest BCUT2D eigenvalue weighted by Crippen LogP contribution is 2.44. The largest absolute Gasteiger partial charge is 0.480 e. The molecule has 2 aromatic carbocycles. The lowest BCUT2D eigenvalue weighted by molar-refractivity contribution is -0.156. The van der Waals surface area contributed by atoms with Gasteiger partial charge in [-0.1, -0.05) is 48.5 Å². The van der Waals surface area contributed by atoms with Crippen LogP contribution in [0, 0.1) is 0 Å². The van der Waals surface area contributed by atoms with E-state index in [0.29, 0.717) is 39.3 Å². The van der Waals surface area contributed by atoms with Gasteiger partial charge in [-0.15, -0.1) is 0 Å². The van der Waals surface area contributed by atoms with E-state index in [0.717, 1.165) is 22.3 Å². The Balaban J connectivity index is 1.43. The molecule has 0 aromatic heterocycles. The van der Waals surface area contributed by atoms with Crippen molar-refractivity contribution in [3.05, 3.63) is 59.7 Å². The number of benzene rings is 2. The summed E-state index contributed by atoms with van der Waals surface area (Å²) in [5.74, 6) is -1.33. The van der Waals surface area contributed by atoms with Crippen molar-refractivity contribution >= 4 is 18.0 Å². The standard InChI is InChI=1S/C29H37N3O6/c1-29(2,3)38-27(35)19-31-13-12-30(18-26(33)34)14-16-32(17-15-31)28(36)37-20-25-23-10-6-4-8-21(23)22-9-5-7-11-24(22)25/h4-11,25H,12-20H2,1-3H3,(H,33,34). The van der Waals surface area contributed by atoms with E-state index in [-0.39, 0.29) is 31.6 Å². The first-order chi connectivity index (χ1) is 18.1. The van der Waals surface area contributed by atoms with Gasteiger partial charge in [0.2, 0.25) is 0 Å². The second-order valence-electron chi connectivity index (χ2n) is 10.8. The van der Waals surface area contributed by atoms with E-state index in [9.17, 15) is 19.5 Å². The van der Waals surface area contributed by atoms with Gasteiger partial charge in [0.1, 0.15) is 12.2 Å². The molecule has 2 aromatic rings. The molecule has 4 rings (SSSR count). The van der Waals surface area contributed by atoms with E-state index in [2.05, 4.69) is 24.3 Å². The molecule has 9 heteroatoms. The summed E-state index contributed by atoms with van der Waals surface area (Å²) >= 11 is 0. The van der Waals surface area contributed by atoms with Gasteiger partial charge in [0.05, 0.1) is 13.1 Å². The Bertz CT molecular complexity index is 1120. The molecule has 1 fully saturated rings. The molecule has 1 aliphatic heterocycles. The number of carboxylic acid groups (broad SMARTS) is 1. The summed E-state index contributed by atoms with van der Waals surface area (Å²) in [5, 5.41) is 9.34. The van der Waals surface area contributed by atoms with Crippen LogP contribution in [-0.4, -0.2) is 102 Å². The first kappa shape index (κ1) is 27.6. The van der Waals surface area contributed by atoms with Gasteiger partial charge in [-0.3, -0.25) is 19.4 Å². The van der Waals surface area contributed by atoms with Crippen molar-refractivity contribution in [2.24, 2.45) is 0 Å². The molecule has 1 saturated heterocycles. The van der Waals surface area contributed by atoms with Crippen molar-refractivity contribution in [1.82, 2.24) is 14.7 Å². The van der Waals surface area contributed by atoms with E-state index in [1.165, 1.54) is 0 Å². The SMILES string of the molecule is CC(C)(C)OC(=O)CN1CCN(CC(=O)O)CCN(C(=O)OCC2c3ccccc3-c3ccccc32)CC1. The van der Waals surface area contributed by atoms with E-state index < -0.39 is 17.7 Å². The van der Waals surface area contributed by atoms with Gasteiger partial charge in [-0.25, -0.2) is 4.79 Å². The zero-order chi connectivity index (χ0) is 27.3. The van der Waals surface area contributed by atoms with Gasteiger partial charge in [0, 0.05) is 45.2 Å². The molecule has 1 N–H and O–H groups in total. The Labute approximate surface area is 223 Å². The average Bonchev–Trinajstić information content (AvgIpc) is 3.21. The summed E-state index contributed by atoms with van der Waals surface area (Å²) in [6.07, 6.45) is -0.443. The number of aliphatic carboxylic acids is 1. The van der Waals surface area contributed by atoms with Crippen LogP contribution in [0.4, 0.5) is 4.79 Å². The molecule has 2 aliphatic rings. The van der Waals surface area contributed by atoms with Gasteiger partial charge in [0.15, 0.2) is 0 Å². The Hall–Kier alpha value is -3.43. The first-order valence-electron chi connectivity index (χ1n) is 13.1. The lowest BCUT2D eigenvalue weighted by Gasteiger charge is -2.27. The van der Waals surface area contributed by atoms with Gasteiger partial charge in [-0.05, 0) is 43.0 Å². The predicted molar refractivity (Wildman–Crippen MR) is 143 cm³/mol. The fraction of sp³-hybridized carbons (Fsp3) is 0.483. The molecular formula is C29H37N3O6. The van der Waals surface area contributed by atoms with Gasteiger partial charge < -0.3 is 19.5 Å². The van der Waals surface area contributed by atoms with Crippen molar-refractivity contribution < 1.29 is 29.0 Å². The van der Waals surface area contributed by atoms with E-state index in [1.54, 1.807) is 9.80 Å². The third-order valence-electron chi connectivity index (χ3n) is 6.83. The van der Waals surface area contributed by atoms with Crippen LogP contribution in [0.5, 0.6) is 0 Å². The summed E-state index contributed by atoms with van der Waals surface area (Å²) in [4.78, 5) is 42.4. The number of hydrogen-bond acceptors (Lipinski definition) is 7. The first-order valence-corrected chi connectivity index (χ1v) is 13.1. The molecular weight excluding hydrogens is 486 g/mol. The molecule has 1 heterocycles. The summed E-state index contributed by atoms with van der Waals surface area (Å²) in [6.45, 7) is 8.09. The van der Waals surface area contributed by atoms with Crippen molar-refractivity contribution in [3.63, 3.8) is 0 Å². The zero-order valence-electron chi connectivity index (χ0n) is 22.4.